The first kappa shape index (κ1) is 8.45. The number of pyridine rings is 2. The van der Waals surface area contributed by atoms with E-state index in [0.29, 0.717) is 11.3 Å². The first-order valence-electron chi connectivity index (χ1n) is 4.09. The molecule has 14 heavy (non-hydrogen) atoms. The Labute approximate surface area is 80.0 Å². The summed E-state index contributed by atoms with van der Waals surface area (Å²) in [5, 5.41) is 9.51. The lowest BCUT2D eigenvalue weighted by atomic mass is 10.2. The van der Waals surface area contributed by atoms with Crippen LogP contribution in [0.4, 0.5) is 0 Å². The van der Waals surface area contributed by atoms with Crippen molar-refractivity contribution in [2.75, 3.05) is 0 Å². The fourth-order valence-electron chi connectivity index (χ4n) is 1.30. The van der Waals surface area contributed by atoms with Crippen LogP contribution in [0.1, 0.15) is 5.69 Å². The summed E-state index contributed by atoms with van der Waals surface area (Å²) in [6.45, 7) is 0. The van der Waals surface area contributed by atoms with Crippen LogP contribution < -0.4 is 5.56 Å². The molecule has 0 fully saturated rings. The molecular weight excluding hydrogens is 178 g/mol. The Kier molecular flexibility index (Phi) is 1.79. The number of nitriles is 1. The molecule has 2 aromatic rings. The maximum absolute atomic E-state index is 11.3. The fraction of sp³-hybridized carbons (Fsp3) is 0.100. The quantitative estimate of drug-likeness (QED) is 0.610. The van der Waals surface area contributed by atoms with E-state index in [2.05, 4.69) is 4.98 Å². The Bertz CT molecular complexity index is 592. The van der Waals surface area contributed by atoms with Crippen molar-refractivity contribution in [3.63, 3.8) is 0 Å². The Morgan fingerprint density at radius 2 is 2.07 bits per heavy atom. The van der Waals surface area contributed by atoms with Crippen LogP contribution in [0, 0.1) is 11.3 Å². The van der Waals surface area contributed by atoms with Crippen molar-refractivity contribution in [3.05, 3.63) is 40.3 Å². The van der Waals surface area contributed by atoms with Crippen molar-refractivity contribution in [2.45, 2.75) is 0 Å². The van der Waals surface area contributed by atoms with Crippen molar-refractivity contribution in [1.82, 2.24) is 9.55 Å². The summed E-state index contributed by atoms with van der Waals surface area (Å²) in [4.78, 5) is 15.3. The Morgan fingerprint density at radius 3 is 2.79 bits per heavy atom. The molecule has 4 heteroatoms. The molecule has 68 valence electrons. The van der Waals surface area contributed by atoms with Gasteiger partial charge in [0.05, 0.1) is 0 Å². The van der Waals surface area contributed by atoms with E-state index in [0.717, 1.165) is 5.39 Å². The Morgan fingerprint density at radius 1 is 1.36 bits per heavy atom. The average molecular weight is 185 g/mol. The molecule has 2 rings (SSSR count). The first-order valence-corrected chi connectivity index (χ1v) is 4.09. The number of hydrogen-bond acceptors (Lipinski definition) is 3. The molecule has 0 saturated heterocycles. The van der Waals surface area contributed by atoms with Gasteiger partial charge in [-0.25, -0.2) is 4.98 Å². The maximum atomic E-state index is 11.3. The molecule has 0 aliphatic rings. The third-order valence-electron chi connectivity index (χ3n) is 2.07. The highest BCUT2D eigenvalue weighted by Gasteiger charge is 2.01. The van der Waals surface area contributed by atoms with E-state index in [1.165, 1.54) is 10.6 Å². The second-order valence-corrected chi connectivity index (χ2v) is 2.95. The third kappa shape index (κ3) is 1.15. The first-order chi connectivity index (χ1) is 6.72. The highest BCUT2D eigenvalue weighted by molar-refractivity contribution is 5.75. The standard InChI is InChI=1S/C10H7N3O/c1-13-9(14)5-3-7-2-4-8(6-11)12-10(7)13/h2-5H,1H3. The van der Waals surface area contributed by atoms with Gasteiger partial charge >= 0.3 is 0 Å². The molecule has 0 spiro atoms. The van der Waals surface area contributed by atoms with Gasteiger partial charge in [0.15, 0.2) is 0 Å². The SMILES string of the molecule is Cn1c(=O)ccc2ccc(C#N)nc21. The molecule has 0 saturated carbocycles. The van der Waals surface area contributed by atoms with Gasteiger partial charge in [0.25, 0.3) is 5.56 Å². The number of aryl methyl sites for hydroxylation is 1. The van der Waals surface area contributed by atoms with E-state index in [1.54, 1.807) is 25.2 Å². The van der Waals surface area contributed by atoms with Gasteiger partial charge in [-0.1, -0.05) is 0 Å². The van der Waals surface area contributed by atoms with Crippen molar-refractivity contribution >= 4 is 11.0 Å². The van der Waals surface area contributed by atoms with Gasteiger partial charge in [-0.2, -0.15) is 5.26 Å². The van der Waals surface area contributed by atoms with Crippen LogP contribution in [0.5, 0.6) is 0 Å². The highest BCUT2D eigenvalue weighted by Crippen LogP contribution is 2.08. The van der Waals surface area contributed by atoms with E-state index < -0.39 is 0 Å². The lowest BCUT2D eigenvalue weighted by Gasteiger charge is -2.02. The monoisotopic (exact) mass is 185 g/mol. The summed E-state index contributed by atoms with van der Waals surface area (Å²) in [5.41, 5.74) is 0.732. The number of nitrogens with zero attached hydrogens (tertiary/aromatic N) is 3. The predicted octanol–water partition coefficient (Wildman–Crippen LogP) is 0.805. The molecule has 0 aliphatic carbocycles. The van der Waals surface area contributed by atoms with Crippen molar-refractivity contribution in [2.24, 2.45) is 7.05 Å². The number of hydrogen-bond donors (Lipinski definition) is 0. The van der Waals surface area contributed by atoms with E-state index in [-0.39, 0.29) is 5.56 Å². The average Bonchev–Trinajstić information content (AvgIpc) is 2.23. The van der Waals surface area contributed by atoms with Crippen LogP contribution >= 0.6 is 0 Å². The lowest BCUT2D eigenvalue weighted by molar-refractivity contribution is 0.886. The summed E-state index contributed by atoms with van der Waals surface area (Å²) in [7, 11) is 1.64. The van der Waals surface area contributed by atoms with Crippen LogP contribution in [-0.2, 0) is 7.05 Å². The summed E-state index contributed by atoms with van der Waals surface area (Å²) in [6.07, 6.45) is 0. The molecule has 0 aliphatic heterocycles. The van der Waals surface area contributed by atoms with Gasteiger partial charge in [-0.05, 0) is 18.2 Å². The fourth-order valence-corrected chi connectivity index (χ4v) is 1.30. The largest absolute Gasteiger partial charge is 0.296 e. The summed E-state index contributed by atoms with van der Waals surface area (Å²) < 4.78 is 1.43. The van der Waals surface area contributed by atoms with Crippen LogP contribution in [0.25, 0.3) is 11.0 Å². The van der Waals surface area contributed by atoms with Gasteiger partial charge in [0.2, 0.25) is 0 Å². The van der Waals surface area contributed by atoms with E-state index in [9.17, 15) is 4.79 Å². The van der Waals surface area contributed by atoms with E-state index in [4.69, 9.17) is 5.26 Å². The van der Waals surface area contributed by atoms with Gasteiger partial charge in [-0.3, -0.25) is 9.36 Å². The molecule has 2 aromatic heterocycles. The van der Waals surface area contributed by atoms with Crippen LogP contribution in [-0.4, -0.2) is 9.55 Å². The molecule has 4 nitrogen and oxygen atoms in total. The molecule has 0 N–H and O–H groups in total. The van der Waals surface area contributed by atoms with Gasteiger partial charge in [0.1, 0.15) is 17.4 Å². The Balaban J connectivity index is 2.93. The van der Waals surface area contributed by atoms with Crippen molar-refractivity contribution in [3.8, 4) is 6.07 Å². The second-order valence-electron chi connectivity index (χ2n) is 2.95. The summed E-state index contributed by atoms with van der Waals surface area (Å²) in [6, 6.07) is 8.53. The normalized spacial score (nSPS) is 10.0. The van der Waals surface area contributed by atoms with E-state index >= 15 is 0 Å². The minimum atomic E-state index is -0.125. The maximum Gasteiger partial charge on any atom is 0.251 e. The van der Waals surface area contributed by atoms with Gasteiger partial charge in [-0.15, -0.1) is 0 Å². The minimum absolute atomic E-state index is 0.125. The second kappa shape index (κ2) is 2.96. The molecule has 0 unspecified atom stereocenters. The molecule has 0 bridgehead atoms. The zero-order chi connectivity index (χ0) is 10.1. The molecule has 0 amide bonds. The number of aromatic nitrogens is 2. The number of fused-ring (bicyclic) bond motifs is 1. The van der Waals surface area contributed by atoms with Crippen LogP contribution in [0.15, 0.2) is 29.1 Å². The van der Waals surface area contributed by atoms with Crippen LogP contribution in [0.2, 0.25) is 0 Å². The molecule has 0 radical (unpaired) electrons. The molecule has 2 heterocycles. The van der Waals surface area contributed by atoms with Crippen molar-refractivity contribution in [1.29, 1.82) is 5.26 Å². The van der Waals surface area contributed by atoms with E-state index in [1.807, 2.05) is 6.07 Å². The van der Waals surface area contributed by atoms with Gasteiger partial charge < -0.3 is 0 Å². The topological polar surface area (TPSA) is 58.7 Å². The number of rotatable bonds is 0. The zero-order valence-corrected chi connectivity index (χ0v) is 7.56. The van der Waals surface area contributed by atoms with Crippen LogP contribution in [0.3, 0.4) is 0 Å². The smallest absolute Gasteiger partial charge is 0.251 e. The molecule has 0 aromatic carbocycles. The molecular formula is C10H7N3O. The third-order valence-corrected chi connectivity index (χ3v) is 2.07. The lowest BCUT2D eigenvalue weighted by Crippen LogP contribution is -2.16. The summed E-state index contributed by atoms with van der Waals surface area (Å²) in [5.74, 6) is 0. The predicted molar refractivity (Wildman–Crippen MR) is 51.7 cm³/mol. The highest BCUT2D eigenvalue weighted by atomic mass is 16.1. The van der Waals surface area contributed by atoms with Crippen molar-refractivity contribution < 1.29 is 0 Å². The van der Waals surface area contributed by atoms with Gasteiger partial charge in [0, 0.05) is 18.5 Å². The zero-order valence-electron chi connectivity index (χ0n) is 7.56. The Hall–Kier alpha value is -2.15. The minimum Gasteiger partial charge on any atom is -0.296 e. The summed E-state index contributed by atoms with van der Waals surface area (Å²) >= 11 is 0. The molecule has 0 atom stereocenters.